The number of aryl methyl sites for hydroxylation is 2. The van der Waals surface area contributed by atoms with Crippen molar-refractivity contribution >= 4 is 17.2 Å². The molecule has 0 fully saturated rings. The van der Waals surface area contributed by atoms with Crippen molar-refractivity contribution in [2.45, 2.75) is 38.6 Å². The highest BCUT2D eigenvalue weighted by molar-refractivity contribution is 7.10. The number of pyridine rings is 1. The first-order chi connectivity index (χ1) is 9.81. The van der Waals surface area contributed by atoms with Gasteiger partial charge in [-0.15, -0.1) is 11.3 Å². The topological polar surface area (TPSA) is 48.7 Å². The number of thiophene rings is 1. The molecule has 1 unspecified atom stereocenters. The molecule has 20 heavy (non-hydrogen) atoms. The van der Waals surface area contributed by atoms with E-state index in [9.17, 15) is 5.26 Å². The second-order valence-electron chi connectivity index (χ2n) is 5.08. The maximum Gasteiger partial charge on any atom is 0.144 e. The Hall–Kier alpha value is -1.86. The molecular weight excluding hydrogens is 266 g/mol. The van der Waals surface area contributed by atoms with Gasteiger partial charge in [0.2, 0.25) is 0 Å². The van der Waals surface area contributed by atoms with E-state index in [2.05, 4.69) is 35.8 Å². The van der Waals surface area contributed by atoms with E-state index in [1.807, 2.05) is 6.07 Å². The van der Waals surface area contributed by atoms with Gasteiger partial charge in [-0.05, 0) is 48.8 Å². The zero-order valence-electron chi connectivity index (χ0n) is 11.5. The van der Waals surface area contributed by atoms with Crippen LogP contribution in [0.4, 0.5) is 5.82 Å². The van der Waals surface area contributed by atoms with Gasteiger partial charge in [0.05, 0.1) is 11.6 Å². The van der Waals surface area contributed by atoms with Crippen LogP contribution in [0.15, 0.2) is 23.6 Å². The molecule has 2 aromatic rings. The Morgan fingerprint density at radius 1 is 1.50 bits per heavy atom. The summed E-state index contributed by atoms with van der Waals surface area (Å²) in [5.41, 5.74) is 3.07. The summed E-state index contributed by atoms with van der Waals surface area (Å²) >= 11 is 1.74. The van der Waals surface area contributed by atoms with Gasteiger partial charge in [-0.1, -0.05) is 13.0 Å². The molecule has 0 amide bonds. The summed E-state index contributed by atoms with van der Waals surface area (Å²) in [4.78, 5) is 5.98. The highest BCUT2D eigenvalue weighted by atomic mass is 32.1. The number of anilines is 1. The fourth-order valence-electron chi connectivity index (χ4n) is 2.70. The SMILES string of the molecule is CCC(Nc1nc2c(cc1C#N)CCC2)c1cccs1. The minimum Gasteiger partial charge on any atom is -0.361 e. The second kappa shape index (κ2) is 5.64. The molecule has 0 aromatic carbocycles. The standard InChI is InChI=1S/C16H17N3S/c1-2-13(15-7-4-8-20-15)18-16-12(10-17)9-11-5-3-6-14(11)19-16/h4,7-9,13H,2-3,5-6H2,1H3,(H,18,19). The van der Waals surface area contributed by atoms with Gasteiger partial charge < -0.3 is 5.32 Å². The number of nitrogens with zero attached hydrogens (tertiary/aromatic N) is 2. The normalized spacial score (nSPS) is 14.6. The van der Waals surface area contributed by atoms with Crippen molar-refractivity contribution in [2.75, 3.05) is 5.32 Å². The molecule has 3 rings (SSSR count). The summed E-state index contributed by atoms with van der Waals surface area (Å²) in [5.74, 6) is 0.744. The van der Waals surface area contributed by atoms with Gasteiger partial charge in [0.25, 0.3) is 0 Å². The molecule has 0 saturated carbocycles. The molecule has 4 heteroatoms. The van der Waals surface area contributed by atoms with Crippen molar-refractivity contribution in [3.05, 3.63) is 45.3 Å². The van der Waals surface area contributed by atoms with Crippen LogP contribution in [-0.2, 0) is 12.8 Å². The van der Waals surface area contributed by atoms with Crippen molar-refractivity contribution in [1.29, 1.82) is 5.26 Å². The van der Waals surface area contributed by atoms with E-state index < -0.39 is 0 Å². The molecule has 102 valence electrons. The number of aromatic nitrogens is 1. The predicted octanol–water partition coefficient (Wildman–Crippen LogP) is 4.07. The fraction of sp³-hybridized carbons (Fsp3) is 0.375. The molecule has 0 saturated heterocycles. The molecule has 2 heterocycles. The van der Waals surface area contributed by atoms with Gasteiger partial charge in [-0.25, -0.2) is 4.98 Å². The summed E-state index contributed by atoms with van der Waals surface area (Å²) < 4.78 is 0. The highest BCUT2D eigenvalue weighted by Gasteiger charge is 2.18. The first-order valence-electron chi connectivity index (χ1n) is 7.04. The summed E-state index contributed by atoms with van der Waals surface area (Å²) in [6.45, 7) is 2.15. The maximum absolute atomic E-state index is 9.34. The van der Waals surface area contributed by atoms with E-state index >= 15 is 0 Å². The Kier molecular flexibility index (Phi) is 3.70. The van der Waals surface area contributed by atoms with Crippen LogP contribution in [0.1, 0.15) is 47.5 Å². The Morgan fingerprint density at radius 3 is 3.10 bits per heavy atom. The third-order valence-corrected chi connectivity index (χ3v) is 4.76. The number of rotatable bonds is 4. The summed E-state index contributed by atoms with van der Waals surface area (Å²) in [6.07, 6.45) is 4.22. The highest BCUT2D eigenvalue weighted by Crippen LogP contribution is 2.29. The quantitative estimate of drug-likeness (QED) is 0.920. The van der Waals surface area contributed by atoms with Crippen LogP contribution in [0.2, 0.25) is 0 Å². The van der Waals surface area contributed by atoms with Crippen LogP contribution in [0.3, 0.4) is 0 Å². The zero-order chi connectivity index (χ0) is 13.9. The van der Waals surface area contributed by atoms with Crippen molar-refractivity contribution in [3.8, 4) is 6.07 Å². The van der Waals surface area contributed by atoms with Crippen LogP contribution in [0, 0.1) is 11.3 Å². The van der Waals surface area contributed by atoms with Crippen molar-refractivity contribution in [2.24, 2.45) is 0 Å². The van der Waals surface area contributed by atoms with Crippen molar-refractivity contribution in [1.82, 2.24) is 4.98 Å². The number of fused-ring (bicyclic) bond motifs is 1. The fourth-order valence-corrected chi connectivity index (χ4v) is 3.56. The number of hydrogen-bond donors (Lipinski definition) is 1. The molecule has 0 spiro atoms. The van der Waals surface area contributed by atoms with E-state index in [1.165, 1.54) is 10.4 Å². The van der Waals surface area contributed by atoms with Crippen LogP contribution in [0.25, 0.3) is 0 Å². The lowest BCUT2D eigenvalue weighted by atomic mass is 10.1. The van der Waals surface area contributed by atoms with Gasteiger partial charge in [-0.3, -0.25) is 0 Å². The largest absolute Gasteiger partial charge is 0.361 e. The van der Waals surface area contributed by atoms with Gasteiger partial charge >= 0.3 is 0 Å². The minimum atomic E-state index is 0.231. The van der Waals surface area contributed by atoms with Crippen LogP contribution >= 0.6 is 11.3 Å². The van der Waals surface area contributed by atoms with E-state index in [0.29, 0.717) is 5.56 Å². The Labute approximate surface area is 123 Å². The Bertz CT molecular complexity index is 640. The molecule has 0 aliphatic heterocycles. The number of nitriles is 1. The third-order valence-electron chi connectivity index (χ3n) is 3.78. The van der Waals surface area contributed by atoms with Gasteiger partial charge in [0.15, 0.2) is 0 Å². The smallest absolute Gasteiger partial charge is 0.144 e. The second-order valence-corrected chi connectivity index (χ2v) is 6.06. The number of nitrogens with one attached hydrogen (secondary N) is 1. The van der Waals surface area contributed by atoms with Crippen molar-refractivity contribution < 1.29 is 0 Å². The average molecular weight is 283 g/mol. The lowest BCUT2D eigenvalue weighted by Crippen LogP contribution is -2.11. The van der Waals surface area contributed by atoms with E-state index in [1.54, 1.807) is 11.3 Å². The Morgan fingerprint density at radius 2 is 2.40 bits per heavy atom. The van der Waals surface area contributed by atoms with Gasteiger partial charge in [0, 0.05) is 10.6 Å². The third kappa shape index (κ3) is 2.41. The van der Waals surface area contributed by atoms with Crippen LogP contribution in [0.5, 0.6) is 0 Å². The van der Waals surface area contributed by atoms with Crippen LogP contribution in [-0.4, -0.2) is 4.98 Å². The van der Waals surface area contributed by atoms with Crippen molar-refractivity contribution in [3.63, 3.8) is 0 Å². The summed E-state index contributed by atoms with van der Waals surface area (Å²) in [7, 11) is 0. The van der Waals surface area contributed by atoms with E-state index in [-0.39, 0.29) is 6.04 Å². The predicted molar refractivity (Wildman–Crippen MR) is 82.0 cm³/mol. The summed E-state index contributed by atoms with van der Waals surface area (Å²) in [5, 5.41) is 14.9. The first kappa shape index (κ1) is 13.1. The maximum atomic E-state index is 9.34. The zero-order valence-corrected chi connectivity index (χ0v) is 12.3. The average Bonchev–Trinajstić information content (AvgIpc) is 3.14. The molecule has 0 bridgehead atoms. The molecule has 1 aliphatic rings. The molecule has 3 nitrogen and oxygen atoms in total. The molecule has 2 aromatic heterocycles. The molecule has 1 atom stereocenters. The monoisotopic (exact) mass is 283 g/mol. The molecule has 1 N–H and O–H groups in total. The lowest BCUT2D eigenvalue weighted by Gasteiger charge is -2.17. The summed E-state index contributed by atoms with van der Waals surface area (Å²) in [6, 6.07) is 8.71. The molecule has 1 aliphatic carbocycles. The van der Waals surface area contributed by atoms with Gasteiger partial charge in [-0.2, -0.15) is 5.26 Å². The van der Waals surface area contributed by atoms with Crippen LogP contribution < -0.4 is 5.32 Å². The van der Waals surface area contributed by atoms with Gasteiger partial charge in [0.1, 0.15) is 11.9 Å². The number of hydrogen-bond acceptors (Lipinski definition) is 4. The van der Waals surface area contributed by atoms with E-state index in [4.69, 9.17) is 4.98 Å². The molecule has 0 radical (unpaired) electrons. The molecular formula is C16H17N3S. The lowest BCUT2D eigenvalue weighted by molar-refractivity contribution is 0.756. The Balaban J connectivity index is 1.92. The first-order valence-corrected chi connectivity index (χ1v) is 7.92. The minimum absolute atomic E-state index is 0.231. The van der Waals surface area contributed by atoms with E-state index in [0.717, 1.165) is 37.2 Å².